The van der Waals surface area contributed by atoms with Crippen molar-refractivity contribution in [3.8, 4) is 0 Å². The highest BCUT2D eigenvalue weighted by atomic mass is 32.2. The number of hydrogen-bond donors (Lipinski definition) is 1. The van der Waals surface area contributed by atoms with Crippen molar-refractivity contribution < 1.29 is 5.11 Å². The molecule has 20 heavy (non-hydrogen) atoms. The molecule has 0 spiro atoms. The van der Waals surface area contributed by atoms with Crippen molar-refractivity contribution in [2.45, 2.75) is 43.1 Å². The number of aliphatic hydroxyl groups excluding tert-OH is 1. The van der Waals surface area contributed by atoms with E-state index in [0.29, 0.717) is 0 Å². The van der Waals surface area contributed by atoms with Crippen LogP contribution in [0.3, 0.4) is 0 Å². The lowest BCUT2D eigenvalue weighted by Gasteiger charge is -2.15. The molecule has 1 saturated carbocycles. The van der Waals surface area contributed by atoms with Crippen molar-refractivity contribution in [1.82, 2.24) is 0 Å². The Morgan fingerprint density at radius 2 is 1.80 bits per heavy atom. The van der Waals surface area contributed by atoms with E-state index in [1.165, 1.54) is 41.4 Å². The van der Waals surface area contributed by atoms with Gasteiger partial charge in [-0.05, 0) is 35.2 Å². The first-order chi connectivity index (χ1) is 9.81. The lowest BCUT2D eigenvalue weighted by atomic mass is 10.0. The average molecular weight is 286 g/mol. The number of benzene rings is 2. The SMILES string of the molecule is OC(CSc1ccc2ccccc2c1)CC1CCCC1. The second-order valence-electron chi connectivity index (χ2n) is 5.86. The van der Waals surface area contributed by atoms with Crippen LogP contribution in [0.25, 0.3) is 10.8 Å². The number of aliphatic hydroxyl groups is 1. The molecule has 2 aromatic rings. The van der Waals surface area contributed by atoms with Crippen molar-refractivity contribution in [2.75, 3.05) is 5.75 Å². The van der Waals surface area contributed by atoms with Crippen LogP contribution >= 0.6 is 11.8 Å². The summed E-state index contributed by atoms with van der Waals surface area (Å²) in [5, 5.41) is 12.7. The van der Waals surface area contributed by atoms with Crippen molar-refractivity contribution in [3.63, 3.8) is 0 Å². The second kappa shape index (κ2) is 6.64. The molecule has 3 rings (SSSR count). The summed E-state index contributed by atoms with van der Waals surface area (Å²) >= 11 is 1.78. The second-order valence-corrected chi connectivity index (χ2v) is 6.95. The van der Waals surface area contributed by atoms with Crippen molar-refractivity contribution >= 4 is 22.5 Å². The van der Waals surface area contributed by atoms with Gasteiger partial charge in [0.15, 0.2) is 0 Å². The Hall–Kier alpha value is -0.990. The molecule has 1 atom stereocenters. The Kier molecular flexibility index (Phi) is 4.64. The van der Waals surface area contributed by atoms with Crippen molar-refractivity contribution in [3.05, 3.63) is 42.5 Å². The van der Waals surface area contributed by atoms with Gasteiger partial charge in [-0.2, -0.15) is 0 Å². The van der Waals surface area contributed by atoms with E-state index < -0.39 is 0 Å². The van der Waals surface area contributed by atoms with Gasteiger partial charge in [0.05, 0.1) is 6.10 Å². The lowest BCUT2D eigenvalue weighted by molar-refractivity contribution is 0.166. The van der Waals surface area contributed by atoms with Crippen LogP contribution in [0.5, 0.6) is 0 Å². The van der Waals surface area contributed by atoms with Gasteiger partial charge in [0.2, 0.25) is 0 Å². The molecule has 1 fully saturated rings. The van der Waals surface area contributed by atoms with E-state index in [2.05, 4.69) is 42.5 Å². The molecular weight excluding hydrogens is 264 g/mol. The van der Waals surface area contributed by atoms with E-state index in [4.69, 9.17) is 0 Å². The zero-order valence-corrected chi connectivity index (χ0v) is 12.6. The normalized spacial score (nSPS) is 17.6. The summed E-state index contributed by atoms with van der Waals surface area (Å²) in [6, 6.07) is 15.0. The van der Waals surface area contributed by atoms with Gasteiger partial charge in [-0.25, -0.2) is 0 Å². The maximum atomic E-state index is 10.2. The molecule has 1 aliphatic rings. The minimum atomic E-state index is -0.158. The Morgan fingerprint density at radius 3 is 2.60 bits per heavy atom. The zero-order chi connectivity index (χ0) is 13.8. The largest absolute Gasteiger partial charge is 0.392 e. The van der Waals surface area contributed by atoms with E-state index in [9.17, 15) is 5.11 Å². The van der Waals surface area contributed by atoms with Crippen LogP contribution in [0.15, 0.2) is 47.4 Å². The molecule has 106 valence electrons. The molecule has 0 amide bonds. The number of fused-ring (bicyclic) bond motifs is 1. The Balaban J connectivity index is 1.56. The first-order valence-electron chi connectivity index (χ1n) is 7.61. The van der Waals surface area contributed by atoms with Gasteiger partial charge < -0.3 is 5.11 Å². The molecule has 0 aromatic heterocycles. The standard InChI is InChI=1S/C18H22OS/c19-17(11-14-5-1-2-6-14)13-20-18-10-9-15-7-3-4-8-16(15)12-18/h3-4,7-10,12,14,17,19H,1-2,5-6,11,13H2. The molecule has 1 nitrogen and oxygen atoms in total. The van der Waals surface area contributed by atoms with E-state index >= 15 is 0 Å². The van der Waals surface area contributed by atoms with Gasteiger partial charge >= 0.3 is 0 Å². The maximum absolute atomic E-state index is 10.2. The van der Waals surface area contributed by atoms with Crippen molar-refractivity contribution in [1.29, 1.82) is 0 Å². The predicted molar refractivity (Wildman–Crippen MR) is 87.3 cm³/mol. The summed E-state index contributed by atoms with van der Waals surface area (Å²) < 4.78 is 0. The van der Waals surface area contributed by atoms with E-state index in [0.717, 1.165) is 18.1 Å². The van der Waals surface area contributed by atoms with Crippen LogP contribution in [-0.2, 0) is 0 Å². The Labute approximate surface area is 125 Å². The third-order valence-corrected chi connectivity index (χ3v) is 5.38. The molecular formula is C18H22OS. The first kappa shape index (κ1) is 14.0. The summed E-state index contributed by atoms with van der Waals surface area (Å²) in [5.74, 6) is 1.58. The van der Waals surface area contributed by atoms with Gasteiger partial charge in [0, 0.05) is 10.6 Å². The van der Waals surface area contributed by atoms with Crippen LogP contribution < -0.4 is 0 Å². The molecule has 0 aliphatic heterocycles. The van der Waals surface area contributed by atoms with Crippen molar-refractivity contribution in [2.24, 2.45) is 5.92 Å². The minimum Gasteiger partial charge on any atom is -0.392 e. The van der Waals surface area contributed by atoms with Crippen LogP contribution in [0.1, 0.15) is 32.1 Å². The molecule has 1 aliphatic carbocycles. The quantitative estimate of drug-likeness (QED) is 0.791. The first-order valence-corrected chi connectivity index (χ1v) is 8.59. The smallest absolute Gasteiger partial charge is 0.0636 e. The summed E-state index contributed by atoms with van der Waals surface area (Å²) in [7, 11) is 0. The van der Waals surface area contributed by atoms with Crippen LogP contribution in [0, 0.1) is 5.92 Å². The minimum absolute atomic E-state index is 0.158. The molecule has 2 heteroatoms. The third-order valence-electron chi connectivity index (χ3n) is 4.24. The lowest BCUT2D eigenvalue weighted by Crippen LogP contribution is -2.14. The number of hydrogen-bond acceptors (Lipinski definition) is 2. The van der Waals surface area contributed by atoms with Crippen LogP contribution in [-0.4, -0.2) is 17.0 Å². The highest BCUT2D eigenvalue weighted by Gasteiger charge is 2.18. The summed E-state index contributed by atoms with van der Waals surface area (Å²) in [4.78, 5) is 1.26. The van der Waals surface area contributed by atoms with Gasteiger partial charge in [-0.15, -0.1) is 11.8 Å². The predicted octanol–water partition coefficient (Wildman–Crippen LogP) is 4.87. The Morgan fingerprint density at radius 1 is 1.05 bits per heavy atom. The summed E-state index contributed by atoms with van der Waals surface area (Å²) in [5.41, 5.74) is 0. The maximum Gasteiger partial charge on any atom is 0.0636 e. The van der Waals surface area contributed by atoms with E-state index in [1.807, 2.05) is 0 Å². The highest BCUT2D eigenvalue weighted by Crippen LogP contribution is 2.30. The van der Waals surface area contributed by atoms with Crippen LogP contribution in [0.2, 0.25) is 0 Å². The molecule has 1 unspecified atom stereocenters. The van der Waals surface area contributed by atoms with E-state index in [-0.39, 0.29) is 6.10 Å². The Bertz CT molecular complexity index is 560. The number of thioether (sulfide) groups is 1. The molecule has 0 radical (unpaired) electrons. The van der Waals surface area contributed by atoms with Crippen LogP contribution in [0.4, 0.5) is 0 Å². The summed E-state index contributed by atoms with van der Waals surface area (Å²) in [6.45, 7) is 0. The molecule has 1 N–H and O–H groups in total. The topological polar surface area (TPSA) is 20.2 Å². The van der Waals surface area contributed by atoms with E-state index in [1.54, 1.807) is 11.8 Å². The van der Waals surface area contributed by atoms with Gasteiger partial charge in [0.25, 0.3) is 0 Å². The monoisotopic (exact) mass is 286 g/mol. The van der Waals surface area contributed by atoms with Gasteiger partial charge in [-0.1, -0.05) is 56.0 Å². The molecule has 0 heterocycles. The number of rotatable bonds is 5. The van der Waals surface area contributed by atoms with Gasteiger partial charge in [0.1, 0.15) is 0 Å². The van der Waals surface area contributed by atoms with Gasteiger partial charge in [-0.3, -0.25) is 0 Å². The third kappa shape index (κ3) is 3.56. The summed E-state index contributed by atoms with van der Waals surface area (Å²) in [6.07, 6.45) is 6.18. The molecule has 0 saturated heterocycles. The fraction of sp³-hybridized carbons (Fsp3) is 0.444. The highest BCUT2D eigenvalue weighted by molar-refractivity contribution is 7.99. The zero-order valence-electron chi connectivity index (χ0n) is 11.8. The average Bonchev–Trinajstić information content (AvgIpc) is 2.98. The molecule has 2 aromatic carbocycles. The fourth-order valence-electron chi connectivity index (χ4n) is 3.15. The fourth-order valence-corrected chi connectivity index (χ4v) is 4.04. The molecule has 0 bridgehead atoms.